The van der Waals surface area contributed by atoms with Crippen LogP contribution in [-0.4, -0.2) is 41.6 Å². The summed E-state index contributed by atoms with van der Waals surface area (Å²) in [5.74, 6) is 0.687. The topological polar surface area (TPSA) is 53.9 Å². The molecule has 5 heteroatoms. The van der Waals surface area contributed by atoms with E-state index >= 15 is 0 Å². The minimum absolute atomic E-state index is 0.0689. The molecule has 1 unspecified atom stereocenters. The van der Waals surface area contributed by atoms with E-state index in [1.807, 2.05) is 60.7 Å². The van der Waals surface area contributed by atoms with Crippen molar-refractivity contribution in [2.24, 2.45) is 5.92 Å². The van der Waals surface area contributed by atoms with Gasteiger partial charge < -0.3 is 10.2 Å². The molecule has 2 heterocycles. The highest BCUT2D eigenvalue weighted by atomic mass is 16.2. The minimum atomic E-state index is -0.930. The Morgan fingerprint density at radius 1 is 0.844 bits per heavy atom. The zero-order chi connectivity index (χ0) is 22.0. The van der Waals surface area contributed by atoms with Gasteiger partial charge in [0.25, 0.3) is 5.91 Å². The summed E-state index contributed by atoms with van der Waals surface area (Å²) in [5, 5.41) is 3.15. The monoisotopic (exact) mass is 432 g/mol. The Morgan fingerprint density at radius 3 is 2.09 bits per heavy atom. The number of benzene rings is 2. The number of nitrogens with zero attached hydrogens (tertiary/aromatic N) is 1. The first kappa shape index (κ1) is 21.2. The molecule has 2 aromatic rings. The van der Waals surface area contributed by atoms with E-state index in [1.165, 1.54) is 48.3 Å². The van der Waals surface area contributed by atoms with Gasteiger partial charge in [-0.1, -0.05) is 67.1 Å². The van der Waals surface area contributed by atoms with E-state index in [4.69, 9.17) is 0 Å². The van der Waals surface area contributed by atoms with Crippen LogP contribution in [0.3, 0.4) is 0 Å². The fraction of sp³-hybridized carbons (Fsp3) is 0.481. The number of nitrogens with one attached hydrogen (secondary N) is 2. The molecule has 0 aromatic heterocycles. The number of quaternary nitrogens is 1. The van der Waals surface area contributed by atoms with Gasteiger partial charge in [-0.15, -0.1) is 0 Å². The Hall–Kier alpha value is -2.66. The molecule has 2 saturated heterocycles. The summed E-state index contributed by atoms with van der Waals surface area (Å²) in [5.41, 5.74) is 1.20. The molecule has 2 N–H and O–H groups in total. The van der Waals surface area contributed by atoms with Crippen LogP contribution in [0.25, 0.3) is 0 Å². The van der Waals surface area contributed by atoms with Crippen LogP contribution in [0.1, 0.15) is 49.7 Å². The fourth-order valence-corrected chi connectivity index (χ4v) is 6.28. The molecule has 168 valence electrons. The second-order valence-corrected chi connectivity index (χ2v) is 9.93. The smallest absolute Gasteiger partial charge is 0.322 e. The third kappa shape index (κ3) is 4.18. The summed E-state index contributed by atoms with van der Waals surface area (Å²) in [6.07, 6.45) is 8.64. The molecule has 5 rings (SSSR count). The van der Waals surface area contributed by atoms with Crippen molar-refractivity contribution in [2.45, 2.75) is 62.9 Å². The maximum absolute atomic E-state index is 13.9. The van der Waals surface area contributed by atoms with Crippen LogP contribution in [0, 0.1) is 5.92 Å². The molecule has 1 aliphatic carbocycles. The lowest BCUT2D eigenvalue weighted by Crippen LogP contribution is -3.19. The van der Waals surface area contributed by atoms with Crippen LogP contribution >= 0.6 is 0 Å². The normalized spacial score (nSPS) is 27.1. The molecular weight excluding hydrogens is 398 g/mol. The van der Waals surface area contributed by atoms with Gasteiger partial charge in [0.1, 0.15) is 5.54 Å². The zero-order valence-electron chi connectivity index (χ0n) is 18.8. The number of carbonyl (C=O) groups is 2. The van der Waals surface area contributed by atoms with Gasteiger partial charge in [-0.25, -0.2) is 9.69 Å². The Labute approximate surface area is 190 Å². The second kappa shape index (κ2) is 9.07. The van der Waals surface area contributed by atoms with E-state index in [9.17, 15) is 9.59 Å². The zero-order valence-corrected chi connectivity index (χ0v) is 18.8. The number of piperidine rings is 1. The highest BCUT2D eigenvalue weighted by Gasteiger charge is 2.53. The lowest BCUT2D eigenvalue weighted by Gasteiger charge is -2.42. The molecule has 3 amide bonds. The average molecular weight is 433 g/mol. The molecule has 0 bridgehead atoms. The lowest BCUT2D eigenvalue weighted by atomic mass is 9.78. The van der Waals surface area contributed by atoms with Gasteiger partial charge in [-0.2, -0.15) is 0 Å². The summed E-state index contributed by atoms with van der Waals surface area (Å²) in [6, 6.07) is 20.4. The number of rotatable bonds is 6. The van der Waals surface area contributed by atoms with E-state index in [0.717, 1.165) is 23.6 Å². The quantitative estimate of drug-likeness (QED) is 0.690. The fourth-order valence-electron chi connectivity index (χ4n) is 6.28. The molecule has 3 atom stereocenters. The van der Waals surface area contributed by atoms with Crippen molar-refractivity contribution in [3.05, 3.63) is 71.8 Å². The van der Waals surface area contributed by atoms with Crippen LogP contribution in [0.4, 0.5) is 4.79 Å². The molecular formula is C27H34N3O2+. The van der Waals surface area contributed by atoms with E-state index < -0.39 is 5.54 Å². The van der Waals surface area contributed by atoms with Gasteiger partial charge in [0, 0.05) is 18.8 Å². The van der Waals surface area contributed by atoms with Crippen LogP contribution in [0.5, 0.6) is 0 Å². The Bertz CT molecular complexity index is 902. The Balaban J connectivity index is 1.40. The number of hydrogen-bond donors (Lipinski definition) is 2. The van der Waals surface area contributed by atoms with E-state index in [-0.39, 0.29) is 11.9 Å². The van der Waals surface area contributed by atoms with Crippen LogP contribution in [0.2, 0.25) is 0 Å². The van der Waals surface area contributed by atoms with Gasteiger partial charge in [0.05, 0.1) is 12.6 Å². The maximum atomic E-state index is 13.9. The van der Waals surface area contributed by atoms with Gasteiger partial charge in [-0.05, 0) is 43.2 Å². The first-order valence-electron chi connectivity index (χ1n) is 12.2. The molecule has 32 heavy (non-hydrogen) atoms. The van der Waals surface area contributed by atoms with Gasteiger partial charge >= 0.3 is 6.03 Å². The molecule has 5 nitrogen and oxygen atoms in total. The number of hydrogen-bond acceptors (Lipinski definition) is 2. The molecule has 0 spiro atoms. The van der Waals surface area contributed by atoms with Crippen LogP contribution < -0.4 is 10.2 Å². The summed E-state index contributed by atoms with van der Waals surface area (Å²) in [7, 11) is 0. The highest BCUT2D eigenvalue weighted by Crippen LogP contribution is 2.30. The molecule has 1 saturated carbocycles. The molecule has 3 aliphatic rings. The predicted octanol–water partition coefficient (Wildman–Crippen LogP) is 2.96. The summed E-state index contributed by atoms with van der Waals surface area (Å²) >= 11 is 0. The first-order chi connectivity index (χ1) is 15.6. The maximum Gasteiger partial charge on any atom is 0.329 e. The molecule has 3 fully saturated rings. The Kier molecular flexibility index (Phi) is 6.01. The van der Waals surface area contributed by atoms with E-state index in [2.05, 4.69) is 5.32 Å². The van der Waals surface area contributed by atoms with Gasteiger partial charge in [-0.3, -0.25) is 4.79 Å². The number of likely N-dealkylation sites (tertiary alicyclic amines) is 1. The SMILES string of the molecule is O=C1NC(Cc2ccccc2)(Cc2ccccc2)C(=O)N1C[NH+]1CCC[C@H]2CCCC[C@@H]21. The third-order valence-corrected chi connectivity index (χ3v) is 7.81. The largest absolute Gasteiger partial charge is 0.329 e. The summed E-state index contributed by atoms with van der Waals surface area (Å²) in [4.78, 5) is 30.1. The Morgan fingerprint density at radius 2 is 1.44 bits per heavy atom. The molecule has 2 aliphatic heterocycles. The standard InChI is InChI=1S/C27H33N3O2/c31-25-27(18-21-10-3-1-4-11-21,19-22-12-5-2-6-13-22)28-26(32)30(25)20-29-17-9-15-23-14-7-8-16-24(23)29/h1-6,10-13,23-24H,7-9,14-20H2,(H,28,32)/p+1/t23-,24+/m1/s1. The van der Waals surface area contributed by atoms with Crippen molar-refractivity contribution >= 4 is 11.9 Å². The van der Waals surface area contributed by atoms with E-state index in [0.29, 0.717) is 25.6 Å². The van der Waals surface area contributed by atoms with Gasteiger partial charge in [0.15, 0.2) is 6.67 Å². The number of imide groups is 1. The van der Waals surface area contributed by atoms with Crippen molar-refractivity contribution in [3.8, 4) is 0 Å². The van der Waals surface area contributed by atoms with Crippen LogP contribution in [0.15, 0.2) is 60.7 Å². The van der Waals surface area contributed by atoms with Crippen molar-refractivity contribution in [1.82, 2.24) is 10.2 Å². The second-order valence-electron chi connectivity index (χ2n) is 9.93. The van der Waals surface area contributed by atoms with E-state index in [1.54, 1.807) is 0 Å². The molecule has 2 aromatic carbocycles. The van der Waals surface area contributed by atoms with Crippen molar-refractivity contribution in [3.63, 3.8) is 0 Å². The molecule has 0 radical (unpaired) electrons. The lowest BCUT2D eigenvalue weighted by molar-refractivity contribution is -0.942. The van der Waals surface area contributed by atoms with Crippen molar-refractivity contribution in [2.75, 3.05) is 13.2 Å². The minimum Gasteiger partial charge on any atom is -0.322 e. The number of amides is 3. The summed E-state index contributed by atoms with van der Waals surface area (Å²) < 4.78 is 0. The van der Waals surface area contributed by atoms with Crippen molar-refractivity contribution in [1.29, 1.82) is 0 Å². The predicted molar refractivity (Wildman–Crippen MR) is 124 cm³/mol. The number of carbonyl (C=O) groups excluding carboxylic acids is 2. The third-order valence-electron chi connectivity index (χ3n) is 7.81. The number of urea groups is 1. The summed E-state index contributed by atoms with van der Waals surface area (Å²) in [6.45, 7) is 1.56. The first-order valence-corrected chi connectivity index (χ1v) is 12.2. The highest BCUT2D eigenvalue weighted by molar-refractivity contribution is 6.07. The average Bonchev–Trinajstić information content (AvgIpc) is 3.04. The van der Waals surface area contributed by atoms with Crippen LogP contribution in [-0.2, 0) is 17.6 Å². The van der Waals surface area contributed by atoms with Crippen molar-refractivity contribution < 1.29 is 14.5 Å². The number of fused-ring (bicyclic) bond motifs is 1. The van der Waals surface area contributed by atoms with Gasteiger partial charge in [0.2, 0.25) is 0 Å².